The van der Waals surface area contributed by atoms with Crippen molar-refractivity contribution in [2.45, 2.75) is 33.2 Å². The van der Waals surface area contributed by atoms with Gasteiger partial charge in [0.15, 0.2) is 0 Å². The smallest absolute Gasteiger partial charge is 0.307 e. The number of amides is 1. The fourth-order valence-corrected chi connectivity index (χ4v) is 1.84. The third-order valence-electron chi connectivity index (χ3n) is 3.05. The van der Waals surface area contributed by atoms with Crippen LogP contribution in [0.5, 0.6) is 0 Å². The molecule has 0 saturated heterocycles. The monoisotopic (exact) mass is 258 g/mol. The van der Waals surface area contributed by atoms with Crippen LogP contribution < -0.4 is 5.32 Å². The van der Waals surface area contributed by atoms with Crippen LogP contribution >= 0.6 is 0 Å². The van der Waals surface area contributed by atoms with Gasteiger partial charge in [-0.3, -0.25) is 4.79 Å². The zero-order valence-corrected chi connectivity index (χ0v) is 11.4. The normalized spacial score (nSPS) is 12.2. The topological polar surface area (TPSA) is 55.1 Å². The summed E-state index contributed by atoms with van der Waals surface area (Å²) in [6, 6.07) is 8.14. The lowest BCUT2D eigenvalue weighted by Crippen LogP contribution is -2.26. The summed E-state index contributed by atoms with van der Waals surface area (Å²) in [5.74, 6) is 0.444. The van der Waals surface area contributed by atoms with Crippen LogP contribution in [0.2, 0.25) is 0 Å². The second-order valence-electron chi connectivity index (χ2n) is 4.57. The number of aromatic nitrogens is 1. The molecule has 1 aromatic heterocycles. The van der Waals surface area contributed by atoms with E-state index < -0.39 is 0 Å². The molecule has 1 unspecified atom stereocenters. The molecule has 4 nitrogen and oxygen atoms in total. The van der Waals surface area contributed by atoms with Gasteiger partial charge < -0.3 is 9.73 Å². The fourth-order valence-electron chi connectivity index (χ4n) is 1.84. The lowest BCUT2D eigenvalue weighted by molar-refractivity contribution is 0.0903. The van der Waals surface area contributed by atoms with Crippen LogP contribution in [0.1, 0.15) is 47.5 Å². The molecule has 100 valence electrons. The number of benzene rings is 1. The van der Waals surface area contributed by atoms with Crippen molar-refractivity contribution < 1.29 is 9.21 Å². The third kappa shape index (κ3) is 3.22. The molecular formula is C15H18N2O2. The maximum atomic E-state index is 11.9. The van der Waals surface area contributed by atoms with Crippen LogP contribution in [0, 0.1) is 6.92 Å². The molecule has 0 bridgehead atoms. The van der Waals surface area contributed by atoms with Gasteiger partial charge >= 0.3 is 5.91 Å². The Labute approximate surface area is 112 Å². The van der Waals surface area contributed by atoms with Crippen LogP contribution in [0.25, 0.3) is 0 Å². The molecule has 0 spiro atoms. The van der Waals surface area contributed by atoms with Gasteiger partial charge in [0.05, 0.1) is 12.2 Å². The number of hydrogen-bond donors (Lipinski definition) is 1. The van der Waals surface area contributed by atoms with E-state index in [9.17, 15) is 4.79 Å². The lowest BCUT2D eigenvalue weighted by atomic mass is 10.1. The highest BCUT2D eigenvalue weighted by Crippen LogP contribution is 2.14. The summed E-state index contributed by atoms with van der Waals surface area (Å²) in [4.78, 5) is 15.8. The molecule has 0 saturated carbocycles. The quantitative estimate of drug-likeness (QED) is 0.917. The molecule has 1 atom stereocenters. The van der Waals surface area contributed by atoms with Gasteiger partial charge in [-0.25, -0.2) is 4.98 Å². The van der Waals surface area contributed by atoms with Gasteiger partial charge in [0.2, 0.25) is 0 Å². The van der Waals surface area contributed by atoms with E-state index in [4.69, 9.17) is 4.42 Å². The van der Waals surface area contributed by atoms with E-state index in [0.717, 1.165) is 12.0 Å². The number of nitrogens with one attached hydrogen (secondary N) is 1. The number of carbonyl (C=O) groups is 1. The van der Waals surface area contributed by atoms with E-state index in [1.165, 1.54) is 11.8 Å². The molecule has 4 heteroatoms. The standard InChI is InChI=1S/C15H18N2O2/c1-4-12-5-7-13(8-6-12)11(3)17-14(18)15-16-9-10(2)19-15/h5-9,11H,4H2,1-3H3,(H,17,18). The van der Waals surface area contributed by atoms with Crippen LogP contribution in [0.4, 0.5) is 0 Å². The number of hydrogen-bond acceptors (Lipinski definition) is 3. The van der Waals surface area contributed by atoms with Gasteiger partial charge in [0, 0.05) is 0 Å². The van der Waals surface area contributed by atoms with E-state index in [0.29, 0.717) is 5.76 Å². The van der Waals surface area contributed by atoms with E-state index in [2.05, 4.69) is 29.4 Å². The van der Waals surface area contributed by atoms with Crippen molar-refractivity contribution in [2.24, 2.45) is 0 Å². The molecule has 0 aliphatic heterocycles. The highest BCUT2D eigenvalue weighted by Gasteiger charge is 2.15. The van der Waals surface area contributed by atoms with Gasteiger partial charge in [-0.2, -0.15) is 0 Å². The van der Waals surface area contributed by atoms with E-state index >= 15 is 0 Å². The Morgan fingerprint density at radius 2 is 2.05 bits per heavy atom. The summed E-state index contributed by atoms with van der Waals surface area (Å²) < 4.78 is 5.20. The number of oxazole rings is 1. The number of rotatable bonds is 4. The van der Waals surface area contributed by atoms with Crippen LogP contribution in [-0.4, -0.2) is 10.9 Å². The van der Waals surface area contributed by atoms with Crippen LogP contribution in [-0.2, 0) is 6.42 Å². The first-order chi connectivity index (χ1) is 9.10. The van der Waals surface area contributed by atoms with E-state index in [-0.39, 0.29) is 17.8 Å². The SMILES string of the molecule is CCc1ccc(C(C)NC(=O)c2ncc(C)o2)cc1. The van der Waals surface area contributed by atoms with Crippen molar-refractivity contribution in [3.05, 3.63) is 53.2 Å². The summed E-state index contributed by atoms with van der Waals surface area (Å²) in [5, 5.41) is 2.87. The van der Waals surface area contributed by atoms with Crippen molar-refractivity contribution >= 4 is 5.91 Å². The molecule has 0 aliphatic carbocycles. The predicted molar refractivity (Wildman–Crippen MR) is 72.9 cm³/mol. The molecule has 0 fully saturated rings. The van der Waals surface area contributed by atoms with Crippen LogP contribution in [0.15, 0.2) is 34.9 Å². The zero-order valence-electron chi connectivity index (χ0n) is 11.4. The molecule has 0 aliphatic rings. The van der Waals surface area contributed by atoms with Crippen molar-refractivity contribution in [3.63, 3.8) is 0 Å². The van der Waals surface area contributed by atoms with E-state index in [1.54, 1.807) is 6.92 Å². The first-order valence-corrected chi connectivity index (χ1v) is 6.42. The Balaban J connectivity index is 2.03. The molecule has 19 heavy (non-hydrogen) atoms. The minimum absolute atomic E-state index is 0.0781. The van der Waals surface area contributed by atoms with Gasteiger partial charge in [-0.1, -0.05) is 31.2 Å². The lowest BCUT2D eigenvalue weighted by Gasteiger charge is -2.13. The highest BCUT2D eigenvalue weighted by atomic mass is 16.4. The molecule has 1 aromatic carbocycles. The maximum Gasteiger partial charge on any atom is 0.307 e. The Hall–Kier alpha value is -2.10. The molecule has 0 radical (unpaired) electrons. The molecule has 1 heterocycles. The number of nitrogens with zero attached hydrogens (tertiary/aromatic N) is 1. The second kappa shape index (κ2) is 5.69. The molecule has 1 amide bonds. The minimum atomic E-state index is -0.292. The maximum absolute atomic E-state index is 11.9. The minimum Gasteiger partial charge on any atom is -0.438 e. The van der Waals surface area contributed by atoms with Crippen LogP contribution in [0.3, 0.4) is 0 Å². The Bertz CT molecular complexity index is 558. The van der Waals surface area contributed by atoms with E-state index in [1.807, 2.05) is 19.1 Å². The molecule has 1 N–H and O–H groups in total. The predicted octanol–water partition coefficient (Wildman–Crippen LogP) is 3.04. The molecule has 2 rings (SSSR count). The fraction of sp³-hybridized carbons (Fsp3) is 0.333. The summed E-state index contributed by atoms with van der Waals surface area (Å²) in [7, 11) is 0. The third-order valence-corrected chi connectivity index (χ3v) is 3.05. The summed E-state index contributed by atoms with van der Waals surface area (Å²) >= 11 is 0. The zero-order chi connectivity index (χ0) is 13.8. The molecular weight excluding hydrogens is 240 g/mol. The largest absolute Gasteiger partial charge is 0.438 e. The Kier molecular flexibility index (Phi) is 4.00. The van der Waals surface area contributed by atoms with Gasteiger partial charge in [0.25, 0.3) is 5.89 Å². The van der Waals surface area contributed by atoms with Gasteiger partial charge in [0.1, 0.15) is 5.76 Å². The molecule has 2 aromatic rings. The summed E-state index contributed by atoms with van der Waals surface area (Å²) in [5.41, 5.74) is 2.35. The first-order valence-electron chi connectivity index (χ1n) is 6.42. The Morgan fingerprint density at radius 1 is 1.37 bits per heavy atom. The second-order valence-corrected chi connectivity index (χ2v) is 4.57. The average Bonchev–Trinajstić information content (AvgIpc) is 2.85. The highest BCUT2D eigenvalue weighted by molar-refractivity contribution is 5.89. The van der Waals surface area contributed by atoms with Crippen molar-refractivity contribution in [2.75, 3.05) is 0 Å². The Morgan fingerprint density at radius 3 is 2.58 bits per heavy atom. The number of carbonyl (C=O) groups excluding carboxylic acids is 1. The van der Waals surface area contributed by atoms with Gasteiger partial charge in [-0.15, -0.1) is 0 Å². The summed E-state index contributed by atoms with van der Waals surface area (Å²) in [6.45, 7) is 5.82. The summed E-state index contributed by atoms with van der Waals surface area (Å²) in [6.07, 6.45) is 2.55. The van der Waals surface area contributed by atoms with Crippen molar-refractivity contribution in [1.82, 2.24) is 10.3 Å². The van der Waals surface area contributed by atoms with Crippen molar-refractivity contribution in [3.8, 4) is 0 Å². The average molecular weight is 258 g/mol. The number of aryl methyl sites for hydroxylation is 2. The van der Waals surface area contributed by atoms with Crippen molar-refractivity contribution in [1.29, 1.82) is 0 Å². The van der Waals surface area contributed by atoms with Gasteiger partial charge in [-0.05, 0) is 31.4 Å². The first kappa shape index (κ1) is 13.3.